The molecule has 0 bridgehead atoms. The minimum atomic E-state index is -0.0543. The summed E-state index contributed by atoms with van der Waals surface area (Å²) >= 11 is 1.68. The van der Waals surface area contributed by atoms with Gasteiger partial charge in [0.15, 0.2) is 0 Å². The van der Waals surface area contributed by atoms with E-state index in [1.54, 1.807) is 17.4 Å². The summed E-state index contributed by atoms with van der Waals surface area (Å²) in [6.07, 6.45) is 6.88. The smallest absolute Gasteiger partial charge is 0.234 e. The van der Waals surface area contributed by atoms with Crippen molar-refractivity contribution in [3.8, 4) is 12.3 Å². The van der Waals surface area contributed by atoms with Crippen LogP contribution in [0.5, 0.6) is 0 Å². The number of rotatable bonds is 7. The van der Waals surface area contributed by atoms with Crippen molar-refractivity contribution >= 4 is 17.2 Å². The van der Waals surface area contributed by atoms with Crippen LogP contribution in [0.1, 0.15) is 4.88 Å². The van der Waals surface area contributed by atoms with Crippen LogP contribution < -0.4 is 5.32 Å². The molecule has 1 heterocycles. The van der Waals surface area contributed by atoms with E-state index < -0.39 is 0 Å². The van der Waals surface area contributed by atoms with E-state index in [1.807, 2.05) is 16.3 Å². The predicted octanol–water partition coefficient (Wildman–Crippen LogP) is 1.49. The molecule has 0 saturated carbocycles. The van der Waals surface area contributed by atoms with E-state index >= 15 is 0 Å². The lowest BCUT2D eigenvalue weighted by Gasteiger charge is -2.18. The van der Waals surface area contributed by atoms with Gasteiger partial charge in [0.25, 0.3) is 0 Å². The molecule has 4 heteroatoms. The molecule has 1 aromatic rings. The van der Waals surface area contributed by atoms with Crippen LogP contribution in [0.2, 0.25) is 0 Å². The Balaban J connectivity index is 2.45. The highest BCUT2D eigenvalue weighted by Crippen LogP contribution is 2.11. The second-order valence-electron chi connectivity index (χ2n) is 3.52. The number of thiophene rings is 1. The maximum atomic E-state index is 11.5. The third kappa shape index (κ3) is 5.34. The molecular weight excluding hydrogens is 232 g/mol. The molecule has 1 aromatic heterocycles. The number of hydrogen-bond acceptors (Lipinski definition) is 3. The maximum absolute atomic E-state index is 11.5. The molecular formula is C13H16N2OS. The third-order valence-corrected chi connectivity index (χ3v) is 2.96. The average Bonchev–Trinajstić information content (AvgIpc) is 2.79. The van der Waals surface area contributed by atoms with Crippen molar-refractivity contribution in [2.24, 2.45) is 0 Å². The Hall–Kier alpha value is -1.57. The fraction of sp³-hybridized carbons (Fsp3) is 0.308. The van der Waals surface area contributed by atoms with Crippen molar-refractivity contribution < 1.29 is 4.79 Å². The van der Waals surface area contributed by atoms with Gasteiger partial charge in [-0.3, -0.25) is 9.69 Å². The summed E-state index contributed by atoms with van der Waals surface area (Å²) in [5.74, 6) is 2.33. The molecule has 0 aliphatic rings. The number of carbonyl (C=O) groups is 1. The Morgan fingerprint density at radius 3 is 3.12 bits per heavy atom. The van der Waals surface area contributed by atoms with Crippen molar-refractivity contribution in [1.82, 2.24) is 10.2 Å². The summed E-state index contributed by atoms with van der Waals surface area (Å²) in [5, 5.41) is 4.68. The topological polar surface area (TPSA) is 32.3 Å². The molecule has 0 unspecified atom stereocenters. The van der Waals surface area contributed by atoms with E-state index in [4.69, 9.17) is 6.42 Å². The van der Waals surface area contributed by atoms with Gasteiger partial charge in [-0.1, -0.05) is 18.1 Å². The zero-order valence-corrected chi connectivity index (χ0v) is 10.5. The first-order valence-corrected chi connectivity index (χ1v) is 6.20. The first-order chi connectivity index (χ1) is 8.26. The van der Waals surface area contributed by atoms with E-state index in [2.05, 4.69) is 23.9 Å². The summed E-state index contributed by atoms with van der Waals surface area (Å²) in [4.78, 5) is 14.8. The second kappa shape index (κ2) is 7.66. The number of terminal acetylenes is 1. The van der Waals surface area contributed by atoms with Crippen LogP contribution in [-0.2, 0) is 11.3 Å². The molecule has 0 saturated heterocycles. The van der Waals surface area contributed by atoms with E-state index in [-0.39, 0.29) is 12.5 Å². The molecule has 1 rings (SSSR count). The Morgan fingerprint density at radius 1 is 1.71 bits per heavy atom. The number of nitrogens with zero attached hydrogens (tertiary/aromatic N) is 1. The number of nitrogens with one attached hydrogen (secondary N) is 1. The number of amides is 1. The van der Waals surface area contributed by atoms with Crippen LogP contribution in [0.15, 0.2) is 30.2 Å². The minimum absolute atomic E-state index is 0.0543. The lowest BCUT2D eigenvalue weighted by atomic mass is 10.3. The van der Waals surface area contributed by atoms with Gasteiger partial charge in [0, 0.05) is 18.0 Å². The SMILES string of the molecule is C#CCNC(=O)CN(CC=C)Cc1cccs1. The Morgan fingerprint density at radius 2 is 2.53 bits per heavy atom. The molecule has 3 nitrogen and oxygen atoms in total. The van der Waals surface area contributed by atoms with Gasteiger partial charge < -0.3 is 5.32 Å². The molecule has 1 amide bonds. The van der Waals surface area contributed by atoms with Gasteiger partial charge in [-0.05, 0) is 11.4 Å². The Kier molecular flexibility index (Phi) is 6.08. The van der Waals surface area contributed by atoms with E-state index in [1.165, 1.54) is 4.88 Å². The molecule has 90 valence electrons. The fourth-order valence-corrected chi connectivity index (χ4v) is 2.15. The molecule has 0 atom stereocenters. The van der Waals surface area contributed by atoms with Crippen molar-refractivity contribution in [3.05, 3.63) is 35.0 Å². The number of carbonyl (C=O) groups excluding carboxylic acids is 1. The summed E-state index contributed by atoms with van der Waals surface area (Å²) < 4.78 is 0. The highest BCUT2D eigenvalue weighted by atomic mass is 32.1. The summed E-state index contributed by atoms with van der Waals surface area (Å²) in [6.45, 7) is 5.75. The molecule has 0 spiro atoms. The van der Waals surface area contributed by atoms with Crippen LogP contribution in [0.4, 0.5) is 0 Å². The summed E-state index contributed by atoms with van der Waals surface area (Å²) in [7, 11) is 0. The highest BCUT2D eigenvalue weighted by molar-refractivity contribution is 7.09. The van der Waals surface area contributed by atoms with Crippen LogP contribution >= 0.6 is 11.3 Å². The van der Waals surface area contributed by atoms with E-state index in [9.17, 15) is 4.79 Å². The molecule has 17 heavy (non-hydrogen) atoms. The van der Waals surface area contributed by atoms with E-state index in [0.29, 0.717) is 13.1 Å². The largest absolute Gasteiger partial charge is 0.344 e. The van der Waals surface area contributed by atoms with Crippen molar-refractivity contribution in [3.63, 3.8) is 0 Å². The normalized spacial score (nSPS) is 9.88. The molecule has 0 aromatic carbocycles. The molecule has 0 aliphatic heterocycles. The van der Waals surface area contributed by atoms with E-state index in [0.717, 1.165) is 6.54 Å². The third-order valence-electron chi connectivity index (χ3n) is 2.10. The molecule has 0 radical (unpaired) electrons. The average molecular weight is 248 g/mol. The van der Waals surface area contributed by atoms with Crippen molar-refractivity contribution in [2.45, 2.75) is 6.54 Å². The van der Waals surface area contributed by atoms with Crippen LogP contribution in [0.25, 0.3) is 0 Å². The first-order valence-electron chi connectivity index (χ1n) is 5.32. The standard InChI is InChI=1S/C13H16N2OS/c1-3-7-14-13(16)11-15(8-4-2)10-12-6-5-9-17-12/h1,4-6,9H,2,7-8,10-11H2,(H,14,16). The lowest BCUT2D eigenvalue weighted by Crippen LogP contribution is -2.37. The minimum Gasteiger partial charge on any atom is -0.344 e. The first kappa shape index (κ1) is 13.5. The zero-order valence-electron chi connectivity index (χ0n) is 9.69. The highest BCUT2D eigenvalue weighted by Gasteiger charge is 2.09. The van der Waals surface area contributed by atoms with Crippen molar-refractivity contribution in [2.75, 3.05) is 19.6 Å². The lowest BCUT2D eigenvalue weighted by molar-refractivity contribution is -0.122. The van der Waals surface area contributed by atoms with Gasteiger partial charge in [-0.25, -0.2) is 0 Å². The molecule has 0 fully saturated rings. The van der Waals surface area contributed by atoms with Crippen LogP contribution in [0, 0.1) is 12.3 Å². The Labute approximate surface area is 106 Å². The van der Waals surface area contributed by atoms with Gasteiger partial charge >= 0.3 is 0 Å². The zero-order chi connectivity index (χ0) is 12.5. The molecule has 1 N–H and O–H groups in total. The number of hydrogen-bond donors (Lipinski definition) is 1. The van der Waals surface area contributed by atoms with Gasteiger partial charge in [0.2, 0.25) is 5.91 Å². The second-order valence-corrected chi connectivity index (χ2v) is 4.55. The fourth-order valence-electron chi connectivity index (χ4n) is 1.40. The maximum Gasteiger partial charge on any atom is 0.234 e. The monoisotopic (exact) mass is 248 g/mol. The van der Waals surface area contributed by atoms with Gasteiger partial charge in [0.05, 0.1) is 13.1 Å². The van der Waals surface area contributed by atoms with Gasteiger partial charge in [-0.2, -0.15) is 0 Å². The van der Waals surface area contributed by atoms with Gasteiger partial charge in [-0.15, -0.1) is 24.3 Å². The Bertz CT molecular complexity index is 392. The van der Waals surface area contributed by atoms with Crippen LogP contribution in [0.3, 0.4) is 0 Å². The summed E-state index contributed by atoms with van der Waals surface area (Å²) in [5.41, 5.74) is 0. The quantitative estimate of drug-likeness (QED) is 0.585. The predicted molar refractivity (Wildman–Crippen MR) is 71.6 cm³/mol. The van der Waals surface area contributed by atoms with Crippen molar-refractivity contribution in [1.29, 1.82) is 0 Å². The van der Waals surface area contributed by atoms with Gasteiger partial charge in [0.1, 0.15) is 0 Å². The van der Waals surface area contributed by atoms with Crippen LogP contribution in [-0.4, -0.2) is 30.4 Å². The summed E-state index contributed by atoms with van der Waals surface area (Å²) in [6, 6.07) is 4.06. The molecule has 0 aliphatic carbocycles.